The standard InChI is InChI=1S/C25H37N3O3.C15H20N2O.C12H20O2.C4H6O4.C2H3BO2.Na/c1-4-31-23(30)28-15-9-24(3,10-16-28)18-27-13-11-25(12-14-27)17-22(26-19(2)29)20-7-5-6-8-21(20)25;1-11(18)17-14-10-15(6-8-16-9-7-15)13-5-3-2-4-12(13)14;1-4-14-10(2)11-5-7-12(3,9-13)8-6-11;1-3(5)7-8-4(2)6;1-2(4)5-3;/h5-8,22H,4,9-18H2,1-3H3,(H,26,29);2-5,14,16H,6-10H2,1H3,(H,17,18);9,11H,2,4-8H2,1,3H3;1-2H3;1H3;/q;;;;-1;+1/t22-;14-;;;;/m00..../s1. The normalized spacial score (nSPS) is 22.8. The smallest absolute Gasteiger partial charge is 0.793 e. The molecule has 3 heterocycles. The van der Waals surface area contributed by atoms with Crippen molar-refractivity contribution in [3.63, 3.8) is 0 Å². The minimum absolute atomic E-state index is 0. The third-order valence-corrected chi connectivity index (χ3v) is 15.9. The van der Waals surface area contributed by atoms with Crippen LogP contribution in [0.2, 0.25) is 0 Å². The number of ether oxygens (including phenoxy) is 2. The number of piperidine rings is 3. The molecule has 2 spiro atoms. The van der Waals surface area contributed by atoms with Gasteiger partial charge in [0.25, 0.3) is 0 Å². The first-order valence-corrected chi connectivity index (χ1v) is 27.1. The fourth-order valence-electron chi connectivity index (χ4n) is 11.8. The summed E-state index contributed by atoms with van der Waals surface area (Å²) in [6.45, 7) is 27.1. The molecule has 0 bridgehead atoms. The minimum atomic E-state index is -0.639. The number of likely N-dealkylation sites (tertiary alicyclic amines) is 2. The Morgan fingerprint density at radius 3 is 1.52 bits per heavy atom. The van der Waals surface area contributed by atoms with E-state index in [1.807, 2.05) is 25.7 Å². The van der Waals surface area contributed by atoms with Crippen molar-refractivity contribution < 1.29 is 87.0 Å². The Bertz CT molecular complexity index is 2260. The molecule has 8 rings (SSSR count). The fraction of sp³-hybridized carbons (Fsp3) is 0.638. The van der Waals surface area contributed by atoms with Gasteiger partial charge >= 0.3 is 47.6 Å². The first-order valence-electron chi connectivity index (χ1n) is 27.1. The predicted molar refractivity (Wildman–Crippen MR) is 290 cm³/mol. The van der Waals surface area contributed by atoms with E-state index in [1.165, 1.54) is 42.0 Å². The summed E-state index contributed by atoms with van der Waals surface area (Å²) in [7, 11) is 4.32. The van der Waals surface area contributed by atoms with E-state index in [4.69, 9.17) is 9.47 Å². The molecule has 3 amide bonds. The third-order valence-electron chi connectivity index (χ3n) is 15.9. The van der Waals surface area contributed by atoms with Gasteiger partial charge in [0.2, 0.25) is 17.8 Å². The van der Waals surface area contributed by atoms with E-state index in [0.29, 0.717) is 19.1 Å². The molecule has 6 aliphatic rings. The summed E-state index contributed by atoms with van der Waals surface area (Å²) in [5, 5.41) is 9.72. The number of allylic oxidation sites excluding steroid dienone is 1. The molecule has 19 heteroatoms. The van der Waals surface area contributed by atoms with Crippen molar-refractivity contribution in [2.75, 3.05) is 59.0 Å². The van der Waals surface area contributed by atoms with Crippen LogP contribution in [-0.4, -0.2) is 119 Å². The van der Waals surface area contributed by atoms with Gasteiger partial charge in [-0.3, -0.25) is 14.4 Å². The molecular weight excluding hydrogens is 992 g/mol. The Labute approximate surface area is 481 Å². The van der Waals surface area contributed by atoms with Gasteiger partial charge in [0.1, 0.15) is 6.29 Å². The molecule has 17 nitrogen and oxygen atoms in total. The van der Waals surface area contributed by atoms with E-state index in [-0.39, 0.29) is 81.2 Å². The van der Waals surface area contributed by atoms with Gasteiger partial charge in [-0.05, 0) is 145 Å². The number of hydrogen-bond donors (Lipinski definition) is 3. The average Bonchev–Trinajstić information content (AvgIpc) is 3.90. The van der Waals surface area contributed by atoms with E-state index in [0.717, 1.165) is 136 Å². The maximum absolute atomic E-state index is 12.0. The van der Waals surface area contributed by atoms with E-state index in [1.54, 1.807) is 13.8 Å². The Morgan fingerprint density at radius 2 is 1.12 bits per heavy atom. The summed E-state index contributed by atoms with van der Waals surface area (Å²) in [5.41, 5.74) is 6.18. The summed E-state index contributed by atoms with van der Waals surface area (Å²) < 4.78 is 14.2. The molecule has 2 aromatic rings. The first-order chi connectivity index (χ1) is 36.1. The average molecular weight is 1080 g/mol. The Kier molecular flexibility index (Phi) is 27.4. The van der Waals surface area contributed by atoms with Crippen LogP contribution in [0.3, 0.4) is 0 Å². The van der Waals surface area contributed by atoms with Gasteiger partial charge in [-0.15, -0.1) is 0 Å². The van der Waals surface area contributed by atoms with Gasteiger partial charge < -0.3 is 52.7 Å². The predicted octanol–water partition coefficient (Wildman–Crippen LogP) is 5.35. The van der Waals surface area contributed by atoms with Gasteiger partial charge in [0.15, 0.2) is 0 Å². The number of aldehydes is 1. The Hall–Kier alpha value is -4.75. The quantitative estimate of drug-likeness (QED) is 0.0953. The van der Waals surface area contributed by atoms with Crippen LogP contribution in [0.5, 0.6) is 0 Å². The summed E-state index contributed by atoms with van der Waals surface area (Å²) in [6.07, 6.45) is 13.7. The molecule has 3 aliphatic heterocycles. The molecular formula is C58H86BN5NaO12. The van der Waals surface area contributed by atoms with Crippen LogP contribution in [0, 0.1) is 16.7 Å². The molecule has 2 atom stereocenters. The number of nitrogens with one attached hydrogen (secondary N) is 3. The first kappa shape index (κ1) is 66.5. The number of carbonyl (C=O) groups is 7. The van der Waals surface area contributed by atoms with Crippen molar-refractivity contribution in [3.8, 4) is 0 Å². The van der Waals surface area contributed by atoms with Crippen LogP contribution in [0.15, 0.2) is 60.9 Å². The monoisotopic (exact) mass is 1080 g/mol. The molecule has 3 aliphatic carbocycles. The van der Waals surface area contributed by atoms with Gasteiger partial charge in [0.05, 0.1) is 31.1 Å². The van der Waals surface area contributed by atoms with Crippen LogP contribution >= 0.6 is 0 Å². The van der Waals surface area contributed by atoms with Gasteiger partial charge in [-0.1, -0.05) is 69.0 Å². The zero-order valence-corrected chi connectivity index (χ0v) is 49.9. The summed E-state index contributed by atoms with van der Waals surface area (Å²) in [6, 6.07) is 17.7. The van der Waals surface area contributed by atoms with E-state index < -0.39 is 17.9 Å². The Morgan fingerprint density at radius 1 is 0.675 bits per heavy atom. The number of nitrogens with zero attached hydrogens (tertiary/aromatic N) is 2. The van der Waals surface area contributed by atoms with Crippen LogP contribution < -0.4 is 45.5 Å². The molecule has 2 aromatic carbocycles. The minimum Gasteiger partial charge on any atom is -0.793 e. The molecule has 3 N–H and O–H groups in total. The van der Waals surface area contributed by atoms with Crippen molar-refractivity contribution in [2.45, 2.75) is 162 Å². The number of hydrogen-bond acceptors (Lipinski definition) is 14. The zero-order chi connectivity index (χ0) is 56.1. The van der Waals surface area contributed by atoms with Gasteiger partial charge in [-0.2, -0.15) is 0 Å². The molecule has 419 valence electrons. The second kappa shape index (κ2) is 31.7. The van der Waals surface area contributed by atoms with Crippen LogP contribution in [0.25, 0.3) is 0 Å². The molecule has 3 saturated heterocycles. The van der Waals surface area contributed by atoms with Crippen molar-refractivity contribution in [1.29, 1.82) is 0 Å². The molecule has 4 fully saturated rings. The topological polar surface area (TPSA) is 208 Å². The number of amides is 3. The van der Waals surface area contributed by atoms with Crippen LogP contribution in [0.1, 0.15) is 174 Å². The summed E-state index contributed by atoms with van der Waals surface area (Å²) in [5.74, 6) is -0.258. The van der Waals surface area contributed by atoms with Crippen LogP contribution in [0.4, 0.5) is 4.79 Å². The number of fused-ring (bicyclic) bond motifs is 4. The zero-order valence-electron chi connectivity index (χ0n) is 47.9. The molecule has 3 radical (unpaired) electrons. The molecule has 1 saturated carbocycles. The Balaban J connectivity index is 0.000000288. The maximum Gasteiger partial charge on any atom is 1.00 e. The van der Waals surface area contributed by atoms with Crippen molar-refractivity contribution in [1.82, 2.24) is 25.8 Å². The van der Waals surface area contributed by atoms with Gasteiger partial charge in [0, 0.05) is 76.4 Å². The number of carbonyl (C=O) groups excluding carboxylic acids is 7. The third kappa shape index (κ3) is 20.1. The molecule has 77 heavy (non-hydrogen) atoms. The second-order valence-corrected chi connectivity index (χ2v) is 21.9. The van der Waals surface area contributed by atoms with Crippen molar-refractivity contribution in [2.24, 2.45) is 16.7 Å². The van der Waals surface area contributed by atoms with Gasteiger partial charge in [-0.25, -0.2) is 24.2 Å². The molecule has 0 unspecified atom stereocenters. The largest absolute Gasteiger partial charge is 1.00 e. The van der Waals surface area contributed by atoms with Crippen LogP contribution in [-0.2, 0) is 63.5 Å². The summed E-state index contributed by atoms with van der Waals surface area (Å²) >= 11 is 0. The SMILES string of the molecule is C=C(OCC)C1CCC(C)(C=O)CC1.CC(=O)N[C@H]1CC2(CCNCC2)c2ccccc21.CC(=O)OOC(C)=O.CCOC(=O)N1CCC(C)(CN2CCC3(CC2)C[C@H](NC(C)=O)c2ccccc23)CC1.[B-]OC(C)=O.[Na+]. The van der Waals surface area contributed by atoms with Crippen molar-refractivity contribution in [3.05, 3.63) is 83.1 Å². The van der Waals surface area contributed by atoms with E-state index in [2.05, 4.69) is 105 Å². The second-order valence-electron chi connectivity index (χ2n) is 21.9. The number of rotatable bonds is 9. The van der Waals surface area contributed by atoms with E-state index in [9.17, 15) is 33.6 Å². The fourth-order valence-corrected chi connectivity index (χ4v) is 11.8. The maximum atomic E-state index is 12.0. The summed E-state index contributed by atoms with van der Waals surface area (Å²) in [4.78, 5) is 87.2. The van der Waals surface area contributed by atoms with Crippen molar-refractivity contribution >= 4 is 50.2 Å². The molecule has 0 aromatic heterocycles. The number of benzene rings is 2. The van der Waals surface area contributed by atoms with E-state index >= 15 is 0 Å².